The molecule has 1 amide bonds. The molecule has 1 aliphatic heterocycles. The summed E-state index contributed by atoms with van der Waals surface area (Å²) in [6.45, 7) is 0.0366. The smallest absolute Gasteiger partial charge is 0.290 e. The van der Waals surface area contributed by atoms with Gasteiger partial charge < -0.3 is 28.6 Å². The third-order valence-corrected chi connectivity index (χ3v) is 6.80. The summed E-state index contributed by atoms with van der Waals surface area (Å²) < 4.78 is 23.1. The van der Waals surface area contributed by atoms with Gasteiger partial charge in [-0.25, -0.2) is 0 Å². The zero-order valence-electron chi connectivity index (χ0n) is 20.7. The van der Waals surface area contributed by atoms with Gasteiger partial charge in [0.15, 0.2) is 23.0 Å². The minimum absolute atomic E-state index is 0.00965. The van der Waals surface area contributed by atoms with Crippen LogP contribution in [0.1, 0.15) is 27.9 Å². The number of methoxy groups -OCH3 is 3. The van der Waals surface area contributed by atoms with Crippen LogP contribution in [0.2, 0.25) is 0 Å². The van der Waals surface area contributed by atoms with E-state index in [-0.39, 0.29) is 17.9 Å². The van der Waals surface area contributed by atoms with Crippen LogP contribution in [0, 0.1) is 0 Å². The number of Topliss-reactive ketones (excluding diaryl/α,β-unsaturated/α-hetero) is 1. The summed E-state index contributed by atoms with van der Waals surface area (Å²) in [5.74, 6) is -0.987. The van der Waals surface area contributed by atoms with Crippen LogP contribution in [-0.4, -0.2) is 48.0 Å². The van der Waals surface area contributed by atoms with E-state index in [1.807, 2.05) is 6.07 Å². The number of ether oxygens (including phenoxy) is 3. The van der Waals surface area contributed by atoms with Crippen LogP contribution < -0.4 is 14.2 Å². The number of hydrogen-bond acceptors (Lipinski definition) is 8. The molecule has 194 valence electrons. The van der Waals surface area contributed by atoms with Crippen LogP contribution in [0.3, 0.4) is 0 Å². The number of aliphatic hydroxyl groups is 1. The van der Waals surface area contributed by atoms with Gasteiger partial charge in [0.05, 0.1) is 45.2 Å². The van der Waals surface area contributed by atoms with Crippen molar-refractivity contribution in [3.8, 4) is 17.2 Å². The number of rotatable bonds is 8. The fourth-order valence-electron chi connectivity index (χ4n) is 4.58. The van der Waals surface area contributed by atoms with Crippen molar-refractivity contribution in [2.24, 2.45) is 0 Å². The number of furan rings is 1. The van der Waals surface area contributed by atoms with Gasteiger partial charge in [-0.05, 0) is 54.1 Å². The number of halogens is 1. The third kappa shape index (κ3) is 4.37. The fourth-order valence-corrected chi connectivity index (χ4v) is 4.96. The van der Waals surface area contributed by atoms with E-state index in [0.29, 0.717) is 39.5 Å². The number of aromatic nitrogens is 1. The maximum atomic E-state index is 13.9. The number of carbonyl (C=O) groups is 2. The Hall–Kier alpha value is -4.31. The monoisotopic (exact) mass is 578 g/mol. The molecule has 3 heterocycles. The maximum absolute atomic E-state index is 13.9. The van der Waals surface area contributed by atoms with E-state index in [2.05, 4.69) is 20.9 Å². The Morgan fingerprint density at radius 2 is 1.79 bits per heavy atom. The molecule has 0 saturated carbocycles. The molecule has 0 saturated heterocycles. The number of pyridine rings is 1. The molecular formula is C28H23BrN2O7. The molecule has 0 spiro atoms. The highest BCUT2D eigenvalue weighted by Crippen LogP contribution is 2.46. The molecule has 1 atom stereocenters. The van der Waals surface area contributed by atoms with E-state index in [0.717, 1.165) is 4.47 Å². The Labute approximate surface area is 226 Å². The average molecular weight is 579 g/mol. The van der Waals surface area contributed by atoms with E-state index in [9.17, 15) is 14.7 Å². The number of amides is 1. The van der Waals surface area contributed by atoms with Crippen molar-refractivity contribution >= 4 is 38.6 Å². The molecular weight excluding hydrogens is 556 g/mol. The Morgan fingerprint density at radius 1 is 1.05 bits per heavy atom. The molecule has 0 fully saturated rings. The van der Waals surface area contributed by atoms with Crippen molar-refractivity contribution in [2.45, 2.75) is 12.6 Å². The van der Waals surface area contributed by atoms with Gasteiger partial charge in [0.25, 0.3) is 5.91 Å². The zero-order chi connectivity index (χ0) is 27.0. The summed E-state index contributed by atoms with van der Waals surface area (Å²) in [5.41, 5.74) is 1.41. The number of carbonyl (C=O) groups excluding carboxylic acids is 2. The molecule has 38 heavy (non-hydrogen) atoms. The number of benzene rings is 2. The van der Waals surface area contributed by atoms with E-state index in [4.69, 9.17) is 18.6 Å². The SMILES string of the molecule is COc1cc(C2C(C(=O)c3cc4cc(Br)ccc4o3)=C(O)C(=O)N2Cc2ccccn2)cc(OC)c1OC. The lowest BCUT2D eigenvalue weighted by Gasteiger charge is -2.27. The first-order chi connectivity index (χ1) is 18.4. The molecule has 2 aromatic heterocycles. The van der Waals surface area contributed by atoms with Crippen molar-refractivity contribution in [3.63, 3.8) is 0 Å². The molecule has 2 aromatic carbocycles. The number of nitrogens with zero attached hydrogens (tertiary/aromatic N) is 2. The van der Waals surface area contributed by atoms with Gasteiger partial charge in [0, 0.05) is 16.1 Å². The molecule has 5 rings (SSSR count). The van der Waals surface area contributed by atoms with Crippen LogP contribution in [0.25, 0.3) is 11.0 Å². The molecule has 1 N–H and O–H groups in total. The third-order valence-electron chi connectivity index (χ3n) is 6.31. The van der Waals surface area contributed by atoms with Crippen molar-refractivity contribution < 1.29 is 33.3 Å². The Bertz CT molecular complexity index is 1550. The molecule has 1 unspecified atom stereocenters. The predicted molar refractivity (Wildman–Crippen MR) is 142 cm³/mol. The number of fused-ring (bicyclic) bond motifs is 1. The zero-order valence-corrected chi connectivity index (χ0v) is 22.3. The van der Waals surface area contributed by atoms with E-state index in [1.54, 1.807) is 54.7 Å². The summed E-state index contributed by atoms with van der Waals surface area (Å²) in [6, 6.07) is 14.5. The van der Waals surface area contributed by atoms with Gasteiger partial charge in [-0.3, -0.25) is 14.6 Å². The lowest BCUT2D eigenvalue weighted by molar-refractivity contribution is -0.130. The van der Waals surface area contributed by atoms with Gasteiger partial charge >= 0.3 is 0 Å². The summed E-state index contributed by atoms with van der Waals surface area (Å²) >= 11 is 3.41. The highest BCUT2D eigenvalue weighted by molar-refractivity contribution is 9.10. The van der Waals surface area contributed by atoms with Crippen LogP contribution in [0.15, 0.2) is 81.0 Å². The molecule has 4 aromatic rings. The van der Waals surface area contributed by atoms with Gasteiger partial charge in [0.2, 0.25) is 11.5 Å². The van der Waals surface area contributed by atoms with Crippen LogP contribution >= 0.6 is 15.9 Å². The molecule has 0 bridgehead atoms. The number of hydrogen-bond donors (Lipinski definition) is 1. The average Bonchev–Trinajstić information content (AvgIpc) is 3.46. The van der Waals surface area contributed by atoms with Gasteiger partial charge in [0.1, 0.15) is 5.58 Å². The van der Waals surface area contributed by atoms with Gasteiger partial charge in [-0.1, -0.05) is 22.0 Å². The summed E-state index contributed by atoms with van der Waals surface area (Å²) in [6.07, 6.45) is 1.61. The second-order valence-electron chi connectivity index (χ2n) is 8.50. The lowest BCUT2D eigenvalue weighted by Crippen LogP contribution is -2.31. The van der Waals surface area contributed by atoms with Gasteiger partial charge in [-0.2, -0.15) is 0 Å². The first-order valence-corrected chi connectivity index (χ1v) is 12.3. The Kier molecular flexibility index (Phi) is 6.81. The lowest BCUT2D eigenvalue weighted by atomic mass is 9.94. The van der Waals surface area contributed by atoms with Crippen molar-refractivity contribution in [1.29, 1.82) is 0 Å². The van der Waals surface area contributed by atoms with Crippen molar-refractivity contribution in [3.05, 3.63) is 93.6 Å². The van der Waals surface area contributed by atoms with Crippen molar-refractivity contribution in [2.75, 3.05) is 21.3 Å². The largest absolute Gasteiger partial charge is 0.503 e. The van der Waals surface area contributed by atoms with Crippen LogP contribution in [0.5, 0.6) is 17.2 Å². The molecule has 1 aliphatic rings. The molecule has 10 heteroatoms. The standard InChI is InChI=1S/C28H23BrN2O7/c1-35-21-12-16(13-22(36-2)27(21)37-3)24-23(25(32)20-11-15-10-17(29)7-8-19(15)38-20)26(33)28(34)31(24)14-18-6-4-5-9-30-18/h4-13,24,33H,14H2,1-3H3. The topological polar surface area (TPSA) is 111 Å². The minimum Gasteiger partial charge on any atom is -0.503 e. The Morgan fingerprint density at radius 3 is 2.42 bits per heavy atom. The highest BCUT2D eigenvalue weighted by atomic mass is 79.9. The van der Waals surface area contributed by atoms with E-state index in [1.165, 1.54) is 26.2 Å². The second-order valence-corrected chi connectivity index (χ2v) is 9.42. The first-order valence-electron chi connectivity index (χ1n) is 11.5. The van der Waals surface area contributed by atoms with Crippen molar-refractivity contribution in [1.82, 2.24) is 9.88 Å². The van der Waals surface area contributed by atoms with Gasteiger partial charge in [-0.15, -0.1) is 0 Å². The number of aliphatic hydroxyl groups excluding tert-OH is 1. The Balaban J connectivity index is 1.67. The summed E-state index contributed by atoms with van der Waals surface area (Å²) in [5, 5.41) is 11.7. The van der Waals surface area contributed by atoms with Crippen LogP contribution in [0.4, 0.5) is 0 Å². The summed E-state index contributed by atoms with van der Waals surface area (Å²) in [4.78, 5) is 33.0. The van der Waals surface area contributed by atoms with E-state index < -0.39 is 23.5 Å². The quantitative estimate of drug-likeness (QED) is 0.277. The maximum Gasteiger partial charge on any atom is 0.290 e. The first kappa shape index (κ1) is 25.3. The van der Waals surface area contributed by atoms with Crippen LogP contribution in [-0.2, 0) is 11.3 Å². The second kappa shape index (κ2) is 10.2. The highest BCUT2D eigenvalue weighted by Gasteiger charge is 2.45. The molecule has 0 radical (unpaired) electrons. The number of ketones is 1. The summed E-state index contributed by atoms with van der Waals surface area (Å²) in [7, 11) is 4.42. The predicted octanol–water partition coefficient (Wildman–Crippen LogP) is 5.39. The fraction of sp³-hybridized carbons (Fsp3) is 0.179. The normalized spacial score (nSPS) is 15.3. The van der Waals surface area contributed by atoms with E-state index >= 15 is 0 Å². The molecule has 9 nitrogen and oxygen atoms in total. The molecule has 0 aliphatic carbocycles. The minimum atomic E-state index is -0.995.